The van der Waals surface area contributed by atoms with Gasteiger partial charge in [0.05, 0.1) is 35.9 Å². The summed E-state index contributed by atoms with van der Waals surface area (Å²) in [4.78, 5) is 25.0. The Morgan fingerprint density at radius 3 is 1.72 bits per heavy atom. The van der Waals surface area contributed by atoms with E-state index in [0.29, 0.717) is 11.5 Å². The Labute approximate surface area is 196 Å². The van der Waals surface area contributed by atoms with Gasteiger partial charge in [-0.25, -0.2) is 4.79 Å². The monoisotopic (exact) mass is 473 g/mol. The van der Waals surface area contributed by atoms with E-state index in [1.807, 2.05) is 24.3 Å². The van der Waals surface area contributed by atoms with E-state index in [1.54, 1.807) is 44.6 Å². The molecule has 3 aromatic carbocycles. The van der Waals surface area contributed by atoms with E-state index < -0.39 is 24.5 Å². The van der Waals surface area contributed by atoms with Crippen LogP contribution in [0.2, 0.25) is 10.0 Å². The molecule has 1 amide bonds. The molecule has 6 nitrogen and oxygen atoms in total. The first-order valence-corrected chi connectivity index (χ1v) is 10.4. The average molecular weight is 474 g/mol. The van der Waals surface area contributed by atoms with E-state index in [1.165, 1.54) is 12.1 Å². The van der Waals surface area contributed by atoms with Crippen molar-refractivity contribution in [3.8, 4) is 11.5 Å². The number of nitrogens with one attached hydrogen (secondary N) is 1. The number of halogens is 2. The Morgan fingerprint density at radius 1 is 0.812 bits per heavy atom. The number of methoxy groups -OCH3 is 2. The van der Waals surface area contributed by atoms with Crippen molar-refractivity contribution in [1.82, 2.24) is 5.32 Å². The van der Waals surface area contributed by atoms with E-state index in [-0.39, 0.29) is 15.6 Å². The van der Waals surface area contributed by atoms with Crippen LogP contribution >= 0.6 is 23.2 Å². The molecule has 0 aliphatic heterocycles. The fourth-order valence-electron chi connectivity index (χ4n) is 3.05. The molecule has 0 atom stereocenters. The van der Waals surface area contributed by atoms with Crippen LogP contribution in [0.3, 0.4) is 0 Å². The molecular weight excluding hydrogens is 453 g/mol. The topological polar surface area (TPSA) is 73.9 Å². The number of ether oxygens (including phenoxy) is 3. The summed E-state index contributed by atoms with van der Waals surface area (Å²) >= 11 is 12.1. The Morgan fingerprint density at radius 2 is 1.28 bits per heavy atom. The number of esters is 1. The van der Waals surface area contributed by atoms with Gasteiger partial charge >= 0.3 is 5.97 Å². The lowest BCUT2D eigenvalue weighted by Crippen LogP contribution is -2.33. The first kappa shape index (κ1) is 23.4. The summed E-state index contributed by atoms with van der Waals surface area (Å²) in [7, 11) is 3.16. The highest BCUT2D eigenvalue weighted by Crippen LogP contribution is 2.27. The lowest BCUT2D eigenvalue weighted by molar-refractivity contribution is -0.124. The summed E-state index contributed by atoms with van der Waals surface area (Å²) < 4.78 is 15.6. The molecule has 0 aromatic heterocycles. The number of hydrogen-bond donors (Lipinski definition) is 1. The van der Waals surface area contributed by atoms with Crippen molar-refractivity contribution in [2.45, 2.75) is 6.04 Å². The molecule has 8 heteroatoms. The number of carbonyl (C=O) groups is 2. The van der Waals surface area contributed by atoms with Crippen LogP contribution in [-0.4, -0.2) is 32.7 Å². The molecular formula is C24H21Cl2NO5. The minimum absolute atomic E-state index is 0.0190. The van der Waals surface area contributed by atoms with Crippen molar-refractivity contribution in [2.75, 3.05) is 20.8 Å². The summed E-state index contributed by atoms with van der Waals surface area (Å²) in [6.45, 7) is -0.497. The van der Waals surface area contributed by atoms with Crippen LogP contribution in [-0.2, 0) is 9.53 Å². The maximum absolute atomic E-state index is 12.6. The van der Waals surface area contributed by atoms with Crippen molar-refractivity contribution in [2.24, 2.45) is 0 Å². The van der Waals surface area contributed by atoms with Crippen molar-refractivity contribution >= 4 is 35.1 Å². The SMILES string of the molecule is COc1ccc(C(NC(=O)COC(=O)c2c(Cl)cccc2Cl)c2ccc(OC)cc2)cc1. The van der Waals surface area contributed by atoms with Gasteiger partial charge in [0.1, 0.15) is 11.5 Å². The fourth-order valence-corrected chi connectivity index (χ4v) is 3.60. The van der Waals surface area contributed by atoms with Crippen molar-refractivity contribution in [1.29, 1.82) is 0 Å². The van der Waals surface area contributed by atoms with Gasteiger partial charge in [0, 0.05) is 0 Å². The number of amides is 1. The molecule has 0 saturated carbocycles. The predicted molar refractivity (Wildman–Crippen MR) is 123 cm³/mol. The van der Waals surface area contributed by atoms with Gasteiger partial charge in [-0.1, -0.05) is 53.5 Å². The van der Waals surface area contributed by atoms with E-state index in [4.69, 9.17) is 37.4 Å². The van der Waals surface area contributed by atoms with Crippen LogP contribution in [0.15, 0.2) is 66.7 Å². The summed E-state index contributed by atoms with van der Waals surface area (Å²) in [5.41, 5.74) is 1.67. The molecule has 0 fully saturated rings. The molecule has 0 heterocycles. The minimum atomic E-state index is -0.777. The van der Waals surface area contributed by atoms with Gasteiger partial charge in [-0.2, -0.15) is 0 Å². The van der Waals surface area contributed by atoms with Crippen molar-refractivity contribution in [3.05, 3.63) is 93.5 Å². The van der Waals surface area contributed by atoms with E-state index in [0.717, 1.165) is 11.1 Å². The zero-order valence-electron chi connectivity index (χ0n) is 17.4. The Kier molecular flexibility index (Phi) is 7.98. The third-order valence-corrected chi connectivity index (χ3v) is 5.33. The van der Waals surface area contributed by atoms with Gasteiger partial charge in [-0.05, 0) is 47.5 Å². The molecule has 0 bridgehead atoms. The van der Waals surface area contributed by atoms with Crippen LogP contribution in [0.1, 0.15) is 27.5 Å². The van der Waals surface area contributed by atoms with Crippen molar-refractivity contribution < 1.29 is 23.8 Å². The van der Waals surface area contributed by atoms with Crippen LogP contribution in [0.5, 0.6) is 11.5 Å². The van der Waals surface area contributed by atoms with Crippen LogP contribution in [0.25, 0.3) is 0 Å². The summed E-state index contributed by atoms with van der Waals surface area (Å²) in [6.07, 6.45) is 0. The highest BCUT2D eigenvalue weighted by molar-refractivity contribution is 6.39. The van der Waals surface area contributed by atoms with Crippen molar-refractivity contribution in [3.63, 3.8) is 0 Å². The quantitative estimate of drug-likeness (QED) is 0.462. The van der Waals surface area contributed by atoms with Gasteiger partial charge < -0.3 is 19.5 Å². The van der Waals surface area contributed by atoms with Gasteiger partial charge in [-0.15, -0.1) is 0 Å². The average Bonchev–Trinajstić information content (AvgIpc) is 2.81. The first-order valence-electron chi connectivity index (χ1n) is 9.61. The van der Waals surface area contributed by atoms with Crippen LogP contribution < -0.4 is 14.8 Å². The molecule has 3 aromatic rings. The largest absolute Gasteiger partial charge is 0.497 e. The van der Waals surface area contributed by atoms with Gasteiger partial charge in [-0.3, -0.25) is 4.79 Å². The second-order valence-corrected chi connectivity index (χ2v) is 7.53. The molecule has 166 valence electrons. The fraction of sp³-hybridized carbons (Fsp3) is 0.167. The minimum Gasteiger partial charge on any atom is -0.497 e. The first-order chi connectivity index (χ1) is 15.4. The van der Waals surface area contributed by atoms with E-state index in [9.17, 15) is 9.59 Å². The van der Waals surface area contributed by atoms with Gasteiger partial charge in [0.25, 0.3) is 5.91 Å². The molecule has 0 aliphatic carbocycles. The number of rotatable bonds is 8. The molecule has 0 spiro atoms. The smallest absolute Gasteiger partial charge is 0.341 e. The number of carbonyl (C=O) groups excluding carboxylic acids is 2. The third kappa shape index (κ3) is 5.72. The number of hydrogen-bond acceptors (Lipinski definition) is 5. The maximum Gasteiger partial charge on any atom is 0.341 e. The third-order valence-electron chi connectivity index (χ3n) is 4.70. The van der Waals surface area contributed by atoms with E-state index in [2.05, 4.69) is 5.32 Å². The predicted octanol–water partition coefficient (Wildman–Crippen LogP) is 5.07. The normalized spacial score (nSPS) is 10.5. The molecule has 32 heavy (non-hydrogen) atoms. The highest BCUT2D eigenvalue weighted by atomic mass is 35.5. The number of benzene rings is 3. The zero-order chi connectivity index (χ0) is 23.1. The second kappa shape index (κ2) is 10.9. The summed E-state index contributed by atoms with van der Waals surface area (Å²) in [6, 6.07) is 18.8. The van der Waals surface area contributed by atoms with Crippen LogP contribution in [0.4, 0.5) is 0 Å². The maximum atomic E-state index is 12.6. The molecule has 0 aliphatic rings. The lowest BCUT2D eigenvalue weighted by Gasteiger charge is -2.20. The summed E-state index contributed by atoms with van der Waals surface area (Å²) in [5.74, 6) is 0.123. The lowest BCUT2D eigenvalue weighted by atomic mass is 9.98. The Balaban J connectivity index is 1.76. The molecule has 3 rings (SSSR count). The highest BCUT2D eigenvalue weighted by Gasteiger charge is 2.20. The molecule has 1 N–H and O–H groups in total. The van der Waals surface area contributed by atoms with Gasteiger partial charge in [0.15, 0.2) is 6.61 Å². The zero-order valence-corrected chi connectivity index (χ0v) is 18.9. The van der Waals surface area contributed by atoms with E-state index >= 15 is 0 Å². The molecule has 0 radical (unpaired) electrons. The molecule has 0 unspecified atom stereocenters. The Bertz CT molecular complexity index is 1020. The van der Waals surface area contributed by atoms with Crippen LogP contribution in [0, 0.1) is 0 Å². The Hall–Kier alpha value is -3.22. The standard InChI is InChI=1S/C24H21Cl2NO5/c1-30-17-10-6-15(7-11-17)23(16-8-12-18(31-2)13-9-16)27-21(28)14-32-24(29)22-19(25)4-3-5-20(22)26/h3-13,23H,14H2,1-2H3,(H,27,28). The molecule has 0 saturated heterocycles. The second-order valence-electron chi connectivity index (χ2n) is 6.72. The summed E-state index contributed by atoms with van der Waals surface area (Å²) in [5, 5.41) is 3.20. The van der Waals surface area contributed by atoms with Gasteiger partial charge in [0.2, 0.25) is 0 Å².